The predicted octanol–water partition coefficient (Wildman–Crippen LogP) is 2.79. The van der Waals surface area contributed by atoms with Gasteiger partial charge in [0.1, 0.15) is 5.01 Å². The summed E-state index contributed by atoms with van der Waals surface area (Å²) in [5.74, 6) is -0.0724. The molecule has 2 aromatic rings. The lowest BCUT2D eigenvalue weighted by atomic mass is 10.1. The van der Waals surface area contributed by atoms with Gasteiger partial charge in [-0.3, -0.25) is 9.59 Å². The second kappa shape index (κ2) is 6.99. The van der Waals surface area contributed by atoms with Crippen molar-refractivity contribution in [1.29, 1.82) is 0 Å². The Balaban J connectivity index is 2.03. The van der Waals surface area contributed by atoms with Crippen LogP contribution in [0.5, 0.6) is 0 Å². The Morgan fingerprint density at radius 1 is 1.24 bits per heavy atom. The van der Waals surface area contributed by atoms with Gasteiger partial charge in [0.05, 0.1) is 12.2 Å². The van der Waals surface area contributed by atoms with Crippen LogP contribution in [0.2, 0.25) is 0 Å². The van der Waals surface area contributed by atoms with Gasteiger partial charge in [-0.25, -0.2) is 4.98 Å². The van der Waals surface area contributed by atoms with Crippen LogP contribution in [0.25, 0.3) is 11.3 Å². The third kappa shape index (κ3) is 4.39. The largest absolute Gasteiger partial charge is 0.350 e. The summed E-state index contributed by atoms with van der Waals surface area (Å²) in [6.07, 6.45) is 0.475. The molecule has 21 heavy (non-hydrogen) atoms. The van der Waals surface area contributed by atoms with Crippen LogP contribution in [0.15, 0.2) is 29.6 Å². The average Bonchev–Trinajstić information content (AvgIpc) is 2.94. The summed E-state index contributed by atoms with van der Waals surface area (Å²) >= 11 is 1.52. The van der Waals surface area contributed by atoms with Crippen LogP contribution >= 0.6 is 11.3 Å². The van der Waals surface area contributed by atoms with Crippen molar-refractivity contribution < 1.29 is 9.59 Å². The molecule has 2 N–H and O–H groups in total. The van der Waals surface area contributed by atoms with Gasteiger partial charge in [0.2, 0.25) is 11.8 Å². The summed E-state index contributed by atoms with van der Waals surface area (Å²) in [6.45, 7) is 3.76. The van der Waals surface area contributed by atoms with E-state index in [4.69, 9.17) is 0 Å². The van der Waals surface area contributed by atoms with Crippen molar-refractivity contribution >= 4 is 28.8 Å². The molecule has 6 heteroatoms. The van der Waals surface area contributed by atoms with E-state index in [-0.39, 0.29) is 11.8 Å². The molecular weight excluding hydrogens is 286 g/mol. The van der Waals surface area contributed by atoms with Crippen molar-refractivity contribution in [2.75, 3.05) is 5.32 Å². The number of anilines is 1. The van der Waals surface area contributed by atoms with E-state index in [2.05, 4.69) is 15.6 Å². The van der Waals surface area contributed by atoms with E-state index >= 15 is 0 Å². The quantitative estimate of drug-likeness (QED) is 0.892. The van der Waals surface area contributed by atoms with Crippen molar-refractivity contribution in [3.63, 3.8) is 0 Å². The van der Waals surface area contributed by atoms with Crippen molar-refractivity contribution in [3.8, 4) is 11.3 Å². The highest BCUT2D eigenvalue weighted by Crippen LogP contribution is 2.23. The van der Waals surface area contributed by atoms with Crippen molar-refractivity contribution in [3.05, 3.63) is 34.7 Å². The molecule has 1 aromatic heterocycles. The van der Waals surface area contributed by atoms with Crippen LogP contribution < -0.4 is 10.6 Å². The summed E-state index contributed by atoms with van der Waals surface area (Å²) in [4.78, 5) is 26.7. The number of rotatable bonds is 5. The number of nitrogens with one attached hydrogen (secondary N) is 2. The number of nitrogens with zero attached hydrogens (tertiary/aromatic N) is 1. The fourth-order valence-electron chi connectivity index (χ4n) is 1.75. The van der Waals surface area contributed by atoms with E-state index in [1.807, 2.05) is 36.6 Å². The maximum atomic E-state index is 11.2. The third-order valence-corrected chi connectivity index (χ3v) is 3.66. The second-order valence-corrected chi connectivity index (χ2v) is 5.46. The molecule has 2 rings (SSSR count). The van der Waals surface area contributed by atoms with Gasteiger partial charge in [-0.2, -0.15) is 0 Å². The molecule has 0 radical (unpaired) electrons. The summed E-state index contributed by atoms with van der Waals surface area (Å²) in [7, 11) is 0. The van der Waals surface area contributed by atoms with Gasteiger partial charge in [-0.1, -0.05) is 19.1 Å². The topological polar surface area (TPSA) is 71.1 Å². The number of hydrogen-bond acceptors (Lipinski definition) is 4. The maximum Gasteiger partial charge on any atom is 0.221 e. The molecule has 0 saturated heterocycles. The first-order valence-electron chi connectivity index (χ1n) is 6.67. The average molecular weight is 303 g/mol. The maximum absolute atomic E-state index is 11.2. The number of hydrogen-bond donors (Lipinski definition) is 2. The number of benzene rings is 1. The summed E-state index contributed by atoms with van der Waals surface area (Å²) in [5, 5.41) is 8.36. The zero-order valence-electron chi connectivity index (χ0n) is 12.0. The Labute approximate surface area is 127 Å². The SMILES string of the molecule is CCC(=O)NCc1nc(-c2ccc(NC(C)=O)cc2)cs1. The fraction of sp³-hybridized carbons (Fsp3) is 0.267. The molecule has 2 amide bonds. The number of aromatic nitrogens is 1. The van der Waals surface area contributed by atoms with Gasteiger partial charge in [0, 0.05) is 30.0 Å². The Hall–Kier alpha value is -2.21. The Bertz CT molecular complexity index is 635. The molecule has 0 fully saturated rings. The highest BCUT2D eigenvalue weighted by Gasteiger charge is 2.06. The zero-order valence-corrected chi connectivity index (χ0v) is 12.8. The van der Waals surface area contributed by atoms with Gasteiger partial charge >= 0.3 is 0 Å². The molecule has 1 heterocycles. The normalized spacial score (nSPS) is 10.2. The minimum atomic E-state index is -0.0923. The highest BCUT2D eigenvalue weighted by atomic mass is 32.1. The van der Waals surface area contributed by atoms with E-state index in [0.717, 1.165) is 22.0 Å². The van der Waals surface area contributed by atoms with E-state index < -0.39 is 0 Å². The Morgan fingerprint density at radius 2 is 1.95 bits per heavy atom. The first-order chi connectivity index (χ1) is 10.1. The molecule has 5 nitrogen and oxygen atoms in total. The molecule has 1 aromatic carbocycles. The van der Waals surface area contributed by atoms with Crippen LogP contribution in [0.3, 0.4) is 0 Å². The van der Waals surface area contributed by atoms with Crippen LogP contribution in [0.1, 0.15) is 25.3 Å². The lowest BCUT2D eigenvalue weighted by Gasteiger charge is -2.03. The van der Waals surface area contributed by atoms with Gasteiger partial charge in [0.25, 0.3) is 0 Å². The fourth-order valence-corrected chi connectivity index (χ4v) is 2.49. The smallest absolute Gasteiger partial charge is 0.221 e. The van der Waals surface area contributed by atoms with Crippen molar-refractivity contribution in [2.45, 2.75) is 26.8 Å². The van der Waals surface area contributed by atoms with E-state index in [0.29, 0.717) is 13.0 Å². The van der Waals surface area contributed by atoms with E-state index in [1.54, 1.807) is 0 Å². The highest BCUT2D eigenvalue weighted by molar-refractivity contribution is 7.09. The standard InChI is InChI=1S/C15H17N3O2S/c1-3-14(20)16-8-15-18-13(9-21-15)11-4-6-12(7-5-11)17-10(2)19/h4-7,9H,3,8H2,1-2H3,(H,16,20)(H,17,19). The minimum absolute atomic E-state index is 0.0198. The van der Waals surface area contributed by atoms with Crippen molar-refractivity contribution in [1.82, 2.24) is 10.3 Å². The molecule has 0 atom stereocenters. The molecule has 0 spiro atoms. The molecule has 0 aliphatic carbocycles. The number of carbonyl (C=O) groups is 2. The van der Waals surface area contributed by atoms with Crippen LogP contribution in [-0.4, -0.2) is 16.8 Å². The second-order valence-electron chi connectivity index (χ2n) is 4.52. The van der Waals surface area contributed by atoms with E-state index in [9.17, 15) is 9.59 Å². The Kier molecular flexibility index (Phi) is 5.05. The summed E-state index contributed by atoms with van der Waals surface area (Å²) in [6, 6.07) is 7.51. The van der Waals surface area contributed by atoms with E-state index in [1.165, 1.54) is 18.3 Å². The Morgan fingerprint density at radius 3 is 2.57 bits per heavy atom. The monoisotopic (exact) mass is 303 g/mol. The minimum Gasteiger partial charge on any atom is -0.350 e. The number of carbonyl (C=O) groups excluding carboxylic acids is 2. The lowest BCUT2D eigenvalue weighted by Crippen LogP contribution is -2.21. The van der Waals surface area contributed by atoms with Gasteiger partial charge in [0.15, 0.2) is 0 Å². The lowest BCUT2D eigenvalue weighted by molar-refractivity contribution is -0.121. The van der Waals surface area contributed by atoms with Gasteiger partial charge in [-0.05, 0) is 12.1 Å². The molecular formula is C15H17N3O2S. The number of thiazole rings is 1. The molecule has 0 bridgehead atoms. The molecule has 0 unspecified atom stereocenters. The summed E-state index contributed by atoms with van der Waals surface area (Å²) in [5.41, 5.74) is 2.61. The van der Waals surface area contributed by atoms with Gasteiger partial charge in [-0.15, -0.1) is 11.3 Å². The first-order valence-corrected chi connectivity index (χ1v) is 7.55. The third-order valence-electron chi connectivity index (χ3n) is 2.81. The predicted molar refractivity (Wildman–Crippen MR) is 84.0 cm³/mol. The molecule has 0 aliphatic rings. The molecule has 0 aliphatic heterocycles. The number of amides is 2. The van der Waals surface area contributed by atoms with Crippen molar-refractivity contribution in [2.24, 2.45) is 0 Å². The summed E-state index contributed by atoms with van der Waals surface area (Å²) < 4.78 is 0. The molecule has 0 saturated carbocycles. The molecule has 110 valence electrons. The van der Waals surface area contributed by atoms with Crippen LogP contribution in [-0.2, 0) is 16.1 Å². The zero-order chi connectivity index (χ0) is 15.2. The van der Waals surface area contributed by atoms with Crippen LogP contribution in [0, 0.1) is 0 Å². The van der Waals surface area contributed by atoms with Crippen LogP contribution in [0.4, 0.5) is 5.69 Å². The van der Waals surface area contributed by atoms with Gasteiger partial charge < -0.3 is 10.6 Å². The first kappa shape index (κ1) is 15.2.